The predicted octanol–water partition coefficient (Wildman–Crippen LogP) is 4.16. The first-order chi connectivity index (χ1) is 18.4. The number of phenols is 1. The van der Waals surface area contributed by atoms with Crippen molar-refractivity contribution in [3.63, 3.8) is 0 Å². The van der Waals surface area contributed by atoms with Gasteiger partial charge in [0.15, 0.2) is 0 Å². The SMILES string of the molecule is C[C@]12CC[C@@H]3c4ccc(O)cc4C[C@@H](CCCCOCCOCCOCCOCC(=O)O)[C@H]3[C@@H]1CC[C@@H]2O. The number of carboxylic acid groups (broad SMARTS) is 1. The summed E-state index contributed by atoms with van der Waals surface area (Å²) in [4.78, 5) is 10.3. The normalized spacial score (nSPS) is 30.0. The molecule has 0 aromatic heterocycles. The number of ether oxygens (including phenoxy) is 4. The van der Waals surface area contributed by atoms with Gasteiger partial charge in [-0.15, -0.1) is 0 Å². The fourth-order valence-electron chi connectivity index (χ4n) is 7.46. The molecule has 2 saturated carbocycles. The number of benzene rings is 1. The number of aliphatic carboxylic acids is 1. The van der Waals surface area contributed by atoms with Crippen molar-refractivity contribution < 1.29 is 39.1 Å². The molecule has 1 aromatic rings. The van der Waals surface area contributed by atoms with E-state index in [4.69, 9.17) is 24.1 Å². The Bertz CT molecular complexity index is 891. The van der Waals surface area contributed by atoms with Crippen LogP contribution in [0.25, 0.3) is 0 Å². The molecule has 38 heavy (non-hydrogen) atoms. The molecule has 0 saturated heterocycles. The molecule has 0 aliphatic heterocycles. The van der Waals surface area contributed by atoms with Crippen LogP contribution in [0.5, 0.6) is 5.75 Å². The Kier molecular flexibility index (Phi) is 10.8. The largest absolute Gasteiger partial charge is 0.508 e. The molecule has 0 spiro atoms. The van der Waals surface area contributed by atoms with Crippen molar-refractivity contribution in [1.29, 1.82) is 0 Å². The van der Waals surface area contributed by atoms with Crippen LogP contribution in [0.15, 0.2) is 18.2 Å². The molecule has 2 fully saturated rings. The van der Waals surface area contributed by atoms with Gasteiger partial charge in [0.25, 0.3) is 0 Å². The van der Waals surface area contributed by atoms with Gasteiger partial charge in [-0.2, -0.15) is 0 Å². The fourth-order valence-corrected chi connectivity index (χ4v) is 7.46. The number of hydrogen-bond donors (Lipinski definition) is 3. The number of aromatic hydroxyl groups is 1. The standard InChI is InChI=1S/C30H46O8/c1-30-10-9-25-24-6-5-23(31)19-22(24)18-21(29(25)26(30)7-8-27(30)32)4-2-3-11-35-12-13-36-14-15-37-16-17-38-20-28(33)34/h5-6,19,21,25-27,29,31-32H,2-4,7-18,20H2,1H3,(H,33,34)/t21-,25-,26+,27+,29-,30+/m1/s1. The molecule has 0 amide bonds. The van der Waals surface area contributed by atoms with Crippen LogP contribution in [-0.2, 0) is 30.2 Å². The van der Waals surface area contributed by atoms with Gasteiger partial charge in [-0.1, -0.05) is 19.4 Å². The number of unbranched alkanes of at least 4 members (excludes halogenated alkanes) is 1. The van der Waals surface area contributed by atoms with Crippen molar-refractivity contribution in [3.05, 3.63) is 29.3 Å². The van der Waals surface area contributed by atoms with E-state index in [2.05, 4.69) is 13.0 Å². The van der Waals surface area contributed by atoms with Crippen molar-refractivity contribution in [1.82, 2.24) is 0 Å². The van der Waals surface area contributed by atoms with Gasteiger partial charge in [0, 0.05) is 6.61 Å². The maximum Gasteiger partial charge on any atom is 0.329 e. The van der Waals surface area contributed by atoms with E-state index >= 15 is 0 Å². The van der Waals surface area contributed by atoms with Gasteiger partial charge in [-0.05, 0) is 97.3 Å². The highest BCUT2D eigenvalue weighted by Gasteiger charge is 2.56. The number of hydrogen-bond acceptors (Lipinski definition) is 7. The van der Waals surface area contributed by atoms with Gasteiger partial charge < -0.3 is 34.3 Å². The summed E-state index contributed by atoms with van der Waals surface area (Å²) in [6, 6.07) is 5.99. The highest BCUT2D eigenvalue weighted by molar-refractivity contribution is 5.67. The van der Waals surface area contributed by atoms with E-state index in [9.17, 15) is 15.0 Å². The summed E-state index contributed by atoms with van der Waals surface area (Å²) in [6.45, 7) is 5.34. The summed E-state index contributed by atoms with van der Waals surface area (Å²) in [5.74, 6) is 1.71. The molecule has 8 nitrogen and oxygen atoms in total. The minimum atomic E-state index is -0.982. The number of aliphatic hydroxyl groups excluding tert-OH is 1. The Labute approximate surface area is 226 Å². The van der Waals surface area contributed by atoms with Crippen molar-refractivity contribution >= 4 is 5.97 Å². The van der Waals surface area contributed by atoms with E-state index in [0.29, 0.717) is 62.5 Å². The molecule has 3 aliphatic carbocycles. The summed E-state index contributed by atoms with van der Waals surface area (Å²) in [5.41, 5.74) is 2.81. The molecule has 214 valence electrons. The topological polar surface area (TPSA) is 115 Å². The van der Waals surface area contributed by atoms with E-state index in [1.165, 1.54) is 11.1 Å². The zero-order valence-electron chi connectivity index (χ0n) is 22.8. The predicted molar refractivity (Wildman–Crippen MR) is 142 cm³/mol. The van der Waals surface area contributed by atoms with Crippen molar-refractivity contribution in [2.45, 2.75) is 70.3 Å². The summed E-state index contributed by atoms with van der Waals surface area (Å²) in [7, 11) is 0. The quantitative estimate of drug-likeness (QED) is 0.271. The molecule has 4 rings (SSSR count). The third kappa shape index (κ3) is 7.27. The lowest BCUT2D eigenvalue weighted by atomic mass is 9.52. The number of aliphatic hydroxyl groups is 1. The zero-order valence-corrected chi connectivity index (χ0v) is 22.8. The van der Waals surface area contributed by atoms with Crippen LogP contribution >= 0.6 is 0 Å². The van der Waals surface area contributed by atoms with E-state index in [1.807, 2.05) is 12.1 Å². The van der Waals surface area contributed by atoms with Gasteiger partial charge in [-0.25, -0.2) is 4.79 Å². The Balaban J connectivity index is 1.14. The average molecular weight is 535 g/mol. The Morgan fingerprint density at radius 2 is 1.63 bits per heavy atom. The van der Waals surface area contributed by atoms with Crippen molar-refractivity contribution in [2.24, 2.45) is 23.2 Å². The smallest absolute Gasteiger partial charge is 0.329 e. The summed E-state index contributed by atoms with van der Waals surface area (Å²) in [6.07, 6.45) is 8.44. The fraction of sp³-hybridized carbons (Fsp3) is 0.767. The molecule has 8 heteroatoms. The highest BCUT2D eigenvalue weighted by atomic mass is 16.6. The first kappa shape index (κ1) is 29.3. The number of carbonyl (C=O) groups is 1. The molecule has 0 heterocycles. The van der Waals surface area contributed by atoms with E-state index in [-0.39, 0.29) is 24.7 Å². The maximum atomic E-state index is 10.8. The molecule has 3 N–H and O–H groups in total. The molecule has 3 aliphatic rings. The van der Waals surface area contributed by atoms with Crippen LogP contribution in [0.2, 0.25) is 0 Å². The minimum Gasteiger partial charge on any atom is -0.508 e. The molecule has 0 bridgehead atoms. The lowest BCUT2D eigenvalue weighted by Crippen LogP contribution is -2.47. The second-order valence-corrected chi connectivity index (χ2v) is 11.6. The minimum absolute atomic E-state index is 0.0517. The number of rotatable bonds is 16. The van der Waals surface area contributed by atoms with Gasteiger partial charge in [-0.3, -0.25) is 0 Å². The lowest BCUT2D eigenvalue weighted by molar-refractivity contribution is -0.142. The summed E-state index contributed by atoms with van der Waals surface area (Å²) < 4.78 is 21.5. The first-order valence-corrected chi connectivity index (χ1v) is 14.4. The molecule has 6 atom stereocenters. The van der Waals surface area contributed by atoms with Gasteiger partial charge in [0.1, 0.15) is 12.4 Å². The van der Waals surface area contributed by atoms with Crippen LogP contribution in [0, 0.1) is 23.2 Å². The highest BCUT2D eigenvalue weighted by Crippen LogP contribution is 2.62. The molecule has 1 aromatic carbocycles. The third-order valence-corrected chi connectivity index (χ3v) is 9.29. The van der Waals surface area contributed by atoms with Crippen molar-refractivity contribution in [2.75, 3.05) is 52.9 Å². The van der Waals surface area contributed by atoms with Crippen LogP contribution in [0.4, 0.5) is 0 Å². The van der Waals surface area contributed by atoms with Crippen LogP contribution < -0.4 is 0 Å². The molecular formula is C30H46O8. The second-order valence-electron chi connectivity index (χ2n) is 11.6. The number of phenolic OH excluding ortho intramolecular Hbond substituents is 1. The summed E-state index contributed by atoms with van der Waals surface area (Å²) >= 11 is 0. The monoisotopic (exact) mass is 534 g/mol. The van der Waals surface area contributed by atoms with Crippen LogP contribution in [-0.4, -0.2) is 80.2 Å². The van der Waals surface area contributed by atoms with Crippen LogP contribution in [0.3, 0.4) is 0 Å². The Morgan fingerprint density at radius 1 is 0.947 bits per heavy atom. The molecular weight excluding hydrogens is 488 g/mol. The van der Waals surface area contributed by atoms with Gasteiger partial charge >= 0.3 is 5.97 Å². The lowest BCUT2D eigenvalue weighted by Gasteiger charge is -2.53. The Morgan fingerprint density at radius 3 is 2.34 bits per heavy atom. The maximum absolute atomic E-state index is 10.8. The van der Waals surface area contributed by atoms with E-state index in [0.717, 1.165) is 58.0 Å². The van der Waals surface area contributed by atoms with Crippen LogP contribution in [0.1, 0.15) is 68.9 Å². The summed E-state index contributed by atoms with van der Waals surface area (Å²) in [5, 5.41) is 29.4. The third-order valence-electron chi connectivity index (χ3n) is 9.29. The first-order valence-electron chi connectivity index (χ1n) is 14.4. The average Bonchev–Trinajstić information content (AvgIpc) is 3.19. The second kappa shape index (κ2) is 14.1. The zero-order chi connectivity index (χ0) is 27.0. The van der Waals surface area contributed by atoms with Crippen molar-refractivity contribution in [3.8, 4) is 5.75 Å². The molecule has 0 radical (unpaired) electrons. The van der Waals surface area contributed by atoms with Gasteiger partial charge in [0.05, 0.1) is 45.7 Å². The molecule has 0 unspecified atom stereocenters. The Hall–Kier alpha value is -1.71. The van der Waals surface area contributed by atoms with E-state index < -0.39 is 5.97 Å². The number of carboxylic acids is 1. The van der Waals surface area contributed by atoms with E-state index in [1.54, 1.807) is 0 Å². The van der Waals surface area contributed by atoms with Gasteiger partial charge in [0.2, 0.25) is 0 Å². The number of fused-ring (bicyclic) bond motifs is 5.